The maximum Gasteiger partial charge on any atom is 0.128 e. The van der Waals surface area contributed by atoms with Gasteiger partial charge in [0.1, 0.15) is 5.82 Å². The van der Waals surface area contributed by atoms with E-state index in [2.05, 4.69) is 46.1 Å². The zero-order valence-corrected chi connectivity index (χ0v) is 12.5. The summed E-state index contributed by atoms with van der Waals surface area (Å²) in [4.78, 5) is 4.37. The molecule has 0 fully saturated rings. The molecule has 1 aromatic heterocycles. The number of nitrogens with zero attached hydrogens (tertiary/aromatic N) is 1. The zero-order valence-electron chi connectivity index (χ0n) is 10.9. The number of pyridine rings is 1. The summed E-state index contributed by atoms with van der Waals surface area (Å²) in [5.74, 6) is 1.02. The molecule has 0 aliphatic carbocycles. The van der Waals surface area contributed by atoms with Gasteiger partial charge in [0.2, 0.25) is 0 Å². The number of rotatable bonds is 8. The predicted octanol–water partition coefficient (Wildman–Crippen LogP) is 4.92. The highest BCUT2D eigenvalue weighted by Crippen LogP contribution is 2.16. The third kappa shape index (κ3) is 6.06. The van der Waals surface area contributed by atoms with Gasteiger partial charge in [-0.25, -0.2) is 4.98 Å². The van der Waals surface area contributed by atoms with Gasteiger partial charge in [-0.05, 0) is 40.9 Å². The van der Waals surface area contributed by atoms with E-state index in [1.54, 1.807) is 0 Å². The summed E-state index contributed by atoms with van der Waals surface area (Å²) in [6.45, 7) is 5.37. The second-order valence-electron chi connectivity index (χ2n) is 4.51. The number of aryl methyl sites for hydroxylation is 1. The highest BCUT2D eigenvalue weighted by molar-refractivity contribution is 9.10. The molecule has 2 nitrogen and oxygen atoms in total. The van der Waals surface area contributed by atoms with E-state index >= 15 is 0 Å². The van der Waals surface area contributed by atoms with Crippen molar-refractivity contribution in [2.24, 2.45) is 0 Å². The van der Waals surface area contributed by atoms with E-state index in [1.807, 2.05) is 6.20 Å². The Morgan fingerprint density at radius 1 is 1.18 bits per heavy atom. The van der Waals surface area contributed by atoms with Gasteiger partial charge in [-0.2, -0.15) is 0 Å². The molecule has 1 N–H and O–H groups in total. The highest BCUT2D eigenvalue weighted by atomic mass is 79.9. The van der Waals surface area contributed by atoms with Crippen molar-refractivity contribution in [1.82, 2.24) is 4.98 Å². The van der Waals surface area contributed by atoms with Crippen LogP contribution in [0.15, 0.2) is 16.7 Å². The van der Waals surface area contributed by atoms with Gasteiger partial charge < -0.3 is 5.32 Å². The first kappa shape index (κ1) is 14.5. The molecule has 96 valence electrons. The molecular formula is C14H23BrN2. The lowest BCUT2D eigenvalue weighted by Crippen LogP contribution is -2.04. The van der Waals surface area contributed by atoms with Crippen LogP contribution in [0.25, 0.3) is 0 Å². The van der Waals surface area contributed by atoms with Crippen molar-refractivity contribution in [2.75, 3.05) is 11.9 Å². The molecular weight excluding hydrogens is 276 g/mol. The van der Waals surface area contributed by atoms with E-state index in [4.69, 9.17) is 0 Å². The van der Waals surface area contributed by atoms with Crippen LogP contribution in [-0.4, -0.2) is 11.5 Å². The molecule has 1 aromatic rings. The largest absolute Gasteiger partial charge is 0.370 e. The molecule has 0 aliphatic heterocycles. The molecule has 1 heterocycles. The van der Waals surface area contributed by atoms with Gasteiger partial charge in [0.05, 0.1) is 0 Å². The minimum atomic E-state index is 1.02. The predicted molar refractivity (Wildman–Crippen MR) is 78.5 cm³/mol. The summed E-state index contributed by atoms with van der Waals surface area (Å²) in [6.07, 6.45) is 9.84. The summed E-state index contributed by atoms with van der Waals surface area (Å²) >= 11 is 3.42. The Kier molecular flexibility index (Phi) is 7.25. The first-order valence-electron chi connectivity index (χ1n) is 6.60. The van der Waals surface area contributed by atoms with Crippen LogP contribution in [0.3, 0.4) is 0 Å². The van der Waals surface area contributed by atoms with E-state index in [9.17, 15) is 0 Å². The quantitative estimate of drug-likeness (QED) is 0.689. The Balaban J connectivity index is 2.14. The number of unbranched alkanes of at least 4 members (excludes halogenated alkanes) is 5. The first-order valence-corrected chi connectivity index (χ1v) is 7.39. The SMILES string of the molecule is CCCCCCCCNc1ncc(Br)cc1C. The Morgan fingerprint density at radius 3 is 2.59 bits per heavy atom. The zero-order chi connectivity index (χ0) is 12.5. The van der Waals surface area contributed by atoms with Crippen molar-refractivity contribution < 1.29 is 0 Å². The Bertz CT molecular complexity index is 326. The van der Waals surface area contributed by atoms with Gasteiger partial charge in [0.25, 0.3) is 0 Å². The topological polar surface area (TPSA) is 24.9 Å². The Morgan fingerprint density at radius 2 is 1.88 bits per heavy atom. The number of halogens is 1. The number of nitrogens with one attached hydrogen (secondary N) is 1. The van der Waals surface area contributed by atoms with Crippen LogP contribution in [0.4, 0.5) is 5.82 Å². The summed E-state index contributed by atoms with van der Waals surface area (Å²) in [5, 5.41) is 3.40. The van der Waals surface area contributed by atoms with Crippen molar-refractivity contribution in [3.05, 3.63) is 22.3 Å². The molecule has 0 spiro atoms. The van der Waals surface area contributed by atoms with Gasteiger partial charge in [-0.3, -0.25) is 0 Å². The molecule has 17 heavy (non-hydrogen) atoms. The van der Waals surface area contributed by atoms with Gasteiger partial charge in [0.15, 0.2) is 0 Å². The van der Waals surface area contributed by atoms with E-state index < -0.39 is 0 Å². The van der Waals surface area contributed by atoms with E-state index in [0.29, 0.717) is 0 Å². The van der Waals surface area contributed by atoms with Crippen molar-refractivity contribution in [3.63, 3.8) is 0 Å². The van der Waals surface area contributed by atoms with Crippen LogP contribution >= 0.6 is 15.9 Å². The molecule has 0 unspecified atom stereocenters. The number of hydrogen-bond acceptors (Lipinski definition) is 2. The lowest BCUT2D eigenvalue weighted by atomic mass is 10.1. The van der Waals surface area contributed by atoms with Crippen LogP contribution in [0.1, 0.15) is 51.0 Å². The maximum absolute atomic E-state index is 4.37. The lowest BCUT2D eigenvalue weighted by molar-refractivity contribution is 0.616. The van der Waals surface area contributed by atoms with Gasteiger partial charge in [-0.1, -0.05) is 39.0 Å². The molecule has 0 radical (unpaired) electrons. The minimum absolute atomic E-state index is 1.02. The molecule has 0 saturated carbocycles. The molecule has 0 aliphatic rings. The number of aromatic nitrogens is 1. The van der Waals surface area contributed by atoms with E-state index in [0.717, 1.165) is 16.8 Å². The third-order valence-corrected chi connectivity index (χ3v) is 3.30. The van der Waals surface area contributed by atoms with Crippen molar-refractivity contribution in [3.8, 4) is 0 Å². The molecule has 1 rings (SSSR count). The number of anilines is 1. The smallest absolute Gasteiger partial charge is 0.128 e. The summed E-state index contributed by atoms with van der Waals surface area (Å²) in [5.41, 5.74) is 1.20. The highest BCUT2D eigenvalue weighted by Gasteiger charge is 1.99. The van der Waals surface area contributed by atoms with Crippen LogP contribution < -0.4 is 5.32 Å². The van der Waals surface area contributed by atoms with Crippen molar-refractivity contribution >= 4 is 21.7 Å². The molecule has 0 aromatic carbocycles. The van der Waals surface area contributed by atoms with Crippen LogP contribution in [0.2, 0.25) is 0 Å². The van der Waals surface area contributed by atoms with Crippen LogP contribution in [0.5, 0.6) is 0 Å². The van der Waals surface area contributed by atoms with Crippen LogP contribution in [0, 0.1) is 6.92 Å². The monoisotopic (exact) mass is 298 g/mol. The molecule has 3 heteroatoms. The minimum Gasteiger partial charge on any atom is -0.370 e. The molecule has 0 saturated heterocycles. The third-order valence-electron chi connectivity index (χ3n) is 2.87. The van der Waals surface area contributed by atoms with Gasteiger partial charge in [0, 0.05) is 17.2 Å². The average Bonchev–Trinajstić information content (AvgIpc) is 2.30. The van der Waals surface area contributed by atoms with Crippen molar-refractivity contribution in [2.45, 2.75) is 52.4 Å². The number of hydrogen-bond donors (Lipinski definition) is 1. The summed E-state index contributed by atoms with van der Waals surface area (Å²) in [7, 11) is 0. The maximum atomic E-state index is 4.37. The standard InChI is InChI=1S/C14H23BrN2/c1-3-4-5-6-7-8-9-16-14-12(2)10-13(15)11-17-14/h10-11H,3-9H2,1-2H3,(H,16,17). The molecule has 0 amide bonds. The Labute approximate surface area is 113 Å². The molecule has 0 bridgehead atoms. The first-order chi connectivity index (χ1) is 8.24. The average molecular weight is 299 g/mol. The van der Waals surface area contributed by atoms with Crippen LogP contribution in [-0.2, 0) is 0 Å². The normalized spacial score (nSPS) is 10.5. The fourth-order valence-electron chi connectivity index (χ4n) is 1.84. The fraction of sp³-hybridized carbons (Fsp3) is 0.643. The summed E-state index contributed by atoms with van der Waals surface area (Å²) in [6, 6.07) is 2.09. The van der Waals surface area contributed by atoms with E-state index in [1.165, 1.54) is 44.1 Å². The Hall–Kier alpha value is -0.570. The fourth-order valence-corrected chi connectivity index (χ4v) is 2.28. The second-order valence-corrected chi connectivity index (χ2v) is 5.43. The van der Waals surface area contributed by atoms with E-state index in [-0.39, 0.29) is 0 Å². The summed E-state index contributed by atoms with van der Waals surface area (Å²) < 4.78 is 1.04. The molecule has 0 atom stereocenters. The second kappa shape index (κ2) is 8.51. The van der Waals surface area contributed by atoms with Gasteiger partial charge in [-0.15, -0.1) is 0 Å². The lowest BCUT2D eigenvalue weighted by Gasteiger charge is -2.08. The van der Waals surface area contributed by atoms with Gasteiger partial charge >= 0.3 is 0 Å². The van der Waals surface area contributed by atoms with Crippen molar-refractivity contribution in [1.29, 1.82) is 0 Å².